The number of benzene rings is 2. The average molecular weight is 374 g/mol. The van der Waals surface area contributed by atoms with E-state index in [1.807, 2.05) is 31.2 Å². The van der Waals surface area contributed by atoms with E-state index in [4.69, 9.17) is 21.1 Å². The molecule has 2 aromatic rings. The van der Waals surface area contributed by atoms with Gasteiger partial charge in [-0.2, -0.15) is 0 Å². The summed E-state index contributed by atoms with van der Waals surface area (Å²) in [6, 6.07) is 12.5. The quantitative estimate of drug-likeness (QED) is 0.567. The second-order valence-corrected chi connectivity index (χ2v) is 6.47. The molecule has 1 fully saturated rings. The lowest BCUT2D eigenvalue weighted by atomic mass is 10.2. The van der Waals surface area contributed by atoms with E-state index in [0.717, 1.165) is 17.7 Å². The number of halogens is 1. The summed E-state index contributed by atoms with van der Waals surface area (Å²) in [5.74, 6) is 0.317. The molecule has 1 aliphatic rings. The number of para-hydroxylation sites is 1. The number of rotatable bonds is 6. The second kappa shape index (κ2) is 8.23. The summed E-state index contributed by atoms with van der Waals surface area (Å²) in [6.07, 6.45) is 1.29. The molecule has 0 atom stereocenters. The number of esters is 1. The number of hydrogen-bond acceptors (Lipinski definition) is 4. The summed E-state index contributed by atoms with van der Waals surface area (Å²) in [5.41, 5.74) is 1.94. The zero-order valence-corrected chi connectivity index (χ0v) is 15.3. The fourth-order valence-corrected chi connectivity index (χ4v) is 3.06. The molecular formula is C20H20ClNO4. The molecule has 0 unspecified atom stereocenters. The molecule has 3 rings (SSSR count). The van der Waals surface area contributed by atoms with Gasteiger partial charge in [0.2, 0.25) is 5.91 Å². The normalized spacial score (nSPS) is 13.8. The lowest BCUT2D eigenvalue weighted by molar-refractivity contribution is -0.117. The van der Waals surface area contributed by atoms with Crippen molar-refractivity contribution in [3.8, 4) is 5.75 Å². The maximum Gasteiger partial charge on any atom is 0.338 e. The Morgan fingerprint density at radius 3 is 2.73 bits per heavy atom. The number of nitrogens with zero attached hydrogens (tertiary/aromatic N) is 1. The predicted octanol–water partition coefficient (Wildman–Crippen LogP) is 4.01. The van der Waals surface area contributed by atoms with Gasteiger partial charge in [0.1, 0.15) is 19.0 Å². The molecule has 136 valence electrons. The first kappa shape index (κ1) is 18.3. The number of anilines is 1. The van der Waals surface area contributed by atoms with E-state index >= 15 is 0 Å². The SMILES string of the molecule is Cc1ccccc1OCCOC(=O)c1ccc(Cl)c(N2CCCC2=O)c1. The lowest BCUT2D eigenvalue weighted by Gasteiger charge is -2.18. The van der Waals surface area contributed by atoms with E-state index in [2.05, 4.69) is 0 Å². The molecule has 0 spiro atoms. The molecule has 0 N–H and O–H groups in total. The first-order chi connectivity index (χ1) is 12.6. The highest BCUT2D eigenvalue weighted by Gasteiger charge is 2.24. The molecule has 0 radical (unpaired) electrons. The van der Waals surface area contributed by atoms with Crippen LogP contribution in [0, 0.1) is 6.92 Å². The van der Waals surface area contributed by atoms with E-state index in [1.54, 1.807) is 23.1 Å². The molecule has 0 saturated carbocycles. The molecule has 0 bridgehead atoms. The van der Waals surface area contributed by atoms with Crippen LogP contribution >= 0.6 is 11.6 Å². The topological polar surface area (TPSA) is 55.8 Å². The van der Waals surface area contributed by atoms with Crippen LogP contribution < -0.4 is 9.64 Å². The Labute approximate surface area is 157 Å². The van der Waals surface area contributed by atoms with Crippen molar-refractivity contribution in [1.29, 1.82) is 0 Å². The smallest absolute Gasteiger partial charge is 0.338 e. The number of amides is 1. The van der Waals surface area contributed by atoms with Crippen LogP contribution in [-0.4, -0.2) is 31.6 Å². The van der Waals surface area contributed by atoms with E-state index < -0.39 is 5.97 Å². The summed E-state index contributed by atoms with van der Waals surface area (Å²) < 4.78 is 10.9. The molecule has 0 aliphatic carbocycles. The molecular weight excluding hydrogens is 354 g/mol. The minimum Gasteiger partial charge on any atom is -0.490 e. The molecule has 1 saturated heterocycles. The van der Waals surface area contributed by atoms with E-state index in [0.29, 0.717) is 29.2 Å². The van der Waals surface area contributed by atoms with Crippen molar-refractivity contribution in [2.24, 2.45) is 0 Å². The molecule has 5 nitrogen and oxygen atoms in total. The fraction of sp³-hybridized carbons (Fsp3) is 0.300. The number of carbonyl (C=O) groups excluding carboxylic acids is 2. The summed E-state index contributed by atoms with van der Waals surface area (Å²) in [7, 11) is 0. The van der Waals surface area contributed by atoms with Crippen LogP contribution in [0.15, 0.2) is 42.5 Å². The number of hydrogen-bond donors (Lipinski definition) is 0. The van der Waals surface area contributed by atoms with E-state index in [9.17, 15) is 9.59 Å². The zero-order valence-electron chi connectivity index (χ0n) is 14.5. The van der Waals surface area contributed by atoms with Gasteiger partial charge in [-0.05, 0) is 43.2 Å². The van der Waals surface area contributed by atoms with Crippen LogP contribution in [0.25, 0.3) is 0 Å². The van der Waals surface area contributed by atoms with Crippen molar-refractivity contribution in [2.45, 2.75) is 19.8 Å². The Morgan fingerprint density at radius 1 is 1.19 bits per heavy atom. The third-order valence-electron chi connectivity index (χ3n) is 4.21. The van der Waals surface area contributed by atoms with Crippen LogP contribution in [0.1, 0.15) is 28.8 Å². The summed E-state index contributed by atoms with van der Waals surface area (Å²) >= 11 is 6.19. The van der Waals surface area contributed by atoms with Crippen molar-refractivity contribution in [1.82, 2.24) is 0 Å². The Balaban J connectivity index is 1.58. The predicted molar refractivity (Wildman–Crippen MR) is 100.0 cm³/mol. The van der Waals surface area contributed by atoms with Gasteiger partial charge in [-0.1, -0.05) is 29.8 Å². The van der Waals surface area contributed by atoms with Gasteiger partial charge in [-0.3, -0.25) is 4.79 Å². The highest BCUT2D eigenvalue weighted by atomic mass is 35.5. The summed E-state index contributed by atoms with van der Waals surface area (Å²) in [4.78, 5) is 25.8. The minimum atomic E-state index is -0.469. The van der Waals surface area contributed by atoms with Crippen LogP contribution in [-0.2, 0) is 9.53 Å². The van der Waals surface area contributed by atoms with Crippen LogP contribution in [0.3, 0.4) is 0 Å². The summed E-state index contributed by atoms with van der Waals surface area (Å²) in [6.45, 7) is 2.97. The Kier molecular flexibility index (Phi) is 5.78. The van der Waals surface area contributed by atoms with Crippen LogP contribution in [0.5, 0.6) is 5.75 Å². The van der Waals surface area contributed by atoms with Crippen molar-refractivity contribution in [2.75, 3.05) is 24.7 Å². The van der Waals surface area contributed by atoms with E-state index in [-0.39, 0.29) is 19.1 Å². The van der Waals surface area contributed by atoms with Gasteiger partial charge in [0.25, 0.3) is 0 Å². The van der Waals surface area contributed by atoms with Crippen molar-refractivity contribution < 1.29 is 19.1 Å². The highest BCUT2D eigenvalue weighted by molar-refractivity contribution is 6.34. The van der Waals surface area contributed by atoms with Crippen molar-refractivity contribution in [3.05, 3.63) is 58.6 Å². The van der Waals surface area contributed by atoms with Gasteiger partial charge in [0.15, 0.2) is 0 Å². The average Bonchev–Trinajstić information content (AvgIpc) is 3.06. The maximum atomic E-state index is 12.3. The zero-order chi connectivity index (χ0) is 18.5. The minimum absolute atomic E-state index is 0.0176. The molecule has 1 amide bonds. The lowest BCUT2D eigenvalue weighted by Crippen LogP contribution is -2.24. The van der Waals surface area contributed by atoms with Gasteiger partial charge >= 0.3 is 5.97 Å². The molecule has 1 heterocycles. The van der Waals surface area contributed by atoms with Crippen LogP contribution in [0.2, 0.25) is 5.02 Å². The highest BCUT2D eigenvalue weighted by Crippen LogP contribution is 2.30. The number of aryl methyl sites for hydroxylation is 1. The molecule has 6 heteroatoms. The van der Waals surface area contributed by atoms with Gasteiger partial charge in [-0.15, -0.1) is 0 Å². The number of ether oxygens (including phenoxy) is 2. The third-order valence-corrected chi connectivity index (χ3v) is 4.53. The van der Waals surface area contributed by atoms with E-state index in [1.165, 1.54) is 0 Å². The Hall–Kier alpha value is -2.53. The number of carbonyl (C=O) groups is 2. The van der Waals surface area contributed by atoms with Gasteiger partial charge in [-0.25, -0.2) is 4.79 Å². The third kappa shape index (κ3) is 4.17. The molecule has 1 aliphatic heterocycles. The van der Waals surface area contributed by atoms with Crippen molar-refractivity contribution >= 4 is 29.2 Å². The first-order valence-electron chi connectivity index (χ1n) is 8.52. The fourth-order valence-electron chi connectivity index (χ4n) is 2.84. The Bertz CT molecular complexity index is 821. The largest absolute Gasteiger partial charge is 0.490 e. The van der Waals surface area contributed by atoms with Crippen molar-refractivity contribution in [3.63, 3.8) is 0 Å². The van der Waals surface area contributed by atoms with Crippen LogP contribution in [0.4, 0.5) is 5.69 Å². The Morgan fingerprint density at radius 2 is 2.00 bits per heavy atom. The molecule has 0 aromatic heterocycles. The van der Waals surface area contributed by atoms with Gasteiger partial charge in [0, 0.05) is 13.0 Å². The molecule has 2 aromatic carbocycles. The standard InChI is InChI=1S/C20H20ClNO4/c1-14-5-2-3-6-18(14)25-11-12-26-20(24)15-8-9-16(21)17(13-15)22-10-4-7-19(22)23/h2-3,5-6,8-9,13H,4,7,10-12H2,1H3. The first-order valence-corrected chi connectivity index (χ1v) is 8.89. The van der Waals surface area contributed by atoms with Gasteiger partial charge in [0.05, 0.1) is 16.3 Å². The maximum absolute atomic E-state index is 12.3. The summed E-state index contributed by atoms with van der Waals surface area (Å²) in [5, 5.41) is 0.444. The second-order valence-electron chi connectivity index (χ2n) is 6.06. The van der Waals surface area contributed by atoms with Gasteiger partial charge < -0.3 is 14.4 Å². The molecule has 26 heavy (non-hydrogen) atoms. The monoisotopic (exact) mass is 373 g/mol.